The van der Waals surface area contributed by atoms with Crippen LogP contribution in [0, 0.1) is 0 Å². The van der Waals surface area contributed by atoms with E-state index < -0.39 is 0 Å². The third-order valence-electron chi connectivity index (χ3n) is 1.85. The van der Waals surface area contributed by atoms with Crippen LogP contribution < -0.4 is 0 Å². The molecule has 1 aromatic carbocycles. The van der Waals surface area contributed by atoms with Gasteiger partial charge in [0.05, 0.1) is 0 Å². The first-order valence-corrected chi connectivity index (χ1v) is 5.02. The molecule has 0 saturated heterocycles. The number of rotatable bonds is 7. The monoisotopic (exact) mass is 181 g/mol. The SMILES string of the molecule is [B][B][B][B][B][B]CB=Cc1ccccc1. The maximum absolute atomic E-state index is 5.19. The molecule has 1 rings (SSSR count). The van der Waals surface area contributed by atoms with Gasteiger partial charge in [-0.15, -0.1) is 0 Å². The molecule has 0 aliphatic heterocycles. The molecule has 15 heavy (non-hydrogen) atoms. The summed E-state index contributed by atoms with van der Waals surface area (Å²) in [5, 5.41) is 0. The van der Waals surface area contributed by atoms with E-state index in [0.717, 1.165) is 6.22 Å². The Morgan fingerprint density at radius 2 is 1.87 bits per heavy atom. The van der Waals surface area contributed by atoms with E-state index in [4.69, 9.17) is 7.74 Å². The van der Waals surface area contributed by atoms with Gasteiger partial charge in [0.2, 0.25) is 0 Å². The van der Waals surface area contributed by atoms with Crippen LogP contribution in [0.2, 0.25) is 6.22 Å². The molecule has 0 aliphatic carbocycles. The third kappa shape index (κ3) is 6.59. The fourth-order valence-corrected chi connectivity index (χ4v) is 1.13. The van der Waals surface area contributed by atoms with Gasteiger partial charge in [-0.1, -0.05) is 0 Å². The summed E-state index contributed by atoms with van der Waals surface area (Å²) >= 11 is 0. The molecular formula is C8H8B7. The average Bonchev–Trinajstić information content (AvgIpc) is 2.29. The molecule has 0 bridgehead atoms. The van der Waals surface area contributed by atoms with Crippen LogP contribution in [0.15, 0.2) is 30.3 Å². The van der Waals surface area contributed by atoms with Crippen LogP contribution in [0.25, 0.3) is 0 Å². The molecule has 1 aromatic rings. The summed E-state index contributed by atoms with van der Waals surface area (Å²) in [7, 11) is 14.5. The predicted octanol–water partition coefficient (Wildman–Crippen LogP) is -0.819. The van der Waals surface area contributed by atoms with E-state index in [9.17, 15) is 0 Å². The Labute approximate surface area is 98.4 Å². The molecule has 0 nitrogen and oxygen atoms in total. The van der Waals surface area contributed by atoms with Crippen molar-refractivity contribution in [1.82, 2.24) is 0 Å². The van der Waals surface area contributed by atoms with E-state index >= 15 is 0 Å². The molecule has 0 amide bonds. The van der Waals surface area contributed by atoms with Crippen molar-refractivity contribution in [2.45, 2.75) is 6.22 Å². The zero-order valence-corrected chi connectivity index (χ0v) is 8.71. The van der Waals surface area contributed by atoms with Crippen LogP contribution in [0.3, 0.4) is 0 Å². The second-order valence-corrected chi connectivity index (χ2v) is 3.05. The molecule has 0 aromatic heterocycles. The normalized spacial score (nSPS) is 9.07. The summed E-state index contributed by atoms with van der Waals surface area (Å²) < 4.78 is 0. The van der Waals surface area contributed by atoms with Gasteiger partial charge in [-0.3, -0.25) is 0 Å². The maximum atomic E-state index is 5.19. The van der Waals surface area contributed by atoms with E-state index in [0.29, 0.717) is 0 Å². The van der Waals surface area contributed by atoms with Crippen molar-refractivity contribution in [3.63, 3.8) is 0 Å². The van der Waals surface area contributed by atoms with E-state index in [1.165, 1.54) is 12.6 Å². The predicted molar refractivity (Wildman–Crippen MR) is 76.7 cm³/mol. The van der Waals surface area contributed by atoms with Crippen molar-refractivity contribution in [1.29, 1.82) is 0 Å². The molecule has 61 valence electrons. The van der Waals surface area contributed by atoms with Crippen molar-refractivity contribution in [3.05, 3.63) is 35.9 Å². The third-order valence-corrected chi connectivity index (χ3v) is 1.85. The Bertz CT molecular complexity index is 274. The number of hydrogen-bond donors (Lipinski definition) is 0. The van der Waals surface area contributed by atoms with Gasteiger partial charge in [-0.25, -0.2) is 0 Å². The Morgan fingerprint density at radius 3 is 2.60 bits per heavy atom. The number of hydrogen-bond acceptors (Lipinski definition) is 0. The van der Waals surface area contributed by atoms with Gasteiger partial charge in [0, 0.05) is 0 Å². The first-order chi connectivity index (χ1) is 7.43. The van der Waals surface area contributed by atoms with Crippen LogP contribution in [-0.2, 0) is 0 Å². The summed E-state index contributed by atoms with van der Waals surface area (Å²) in [6.07, 6.45) is 0.934. The molecule has 0 heterocycles. The van der Waals surface area contributed by atoms with Crippen molar-refractivity contribution in [2.75, 3.05) is 0 Å². The summed E-state index contributed by atoms with van der Waals surface area (Å²) in [6.45, 7) is 2.13. The second-order valence-electron chi connectivity index (χ2n) is 3.05. The summed E-state index contributed by atoms with van der Waals surface area (Å²) in [4.78, 5) is 0. The zero-order chi connectivity index (χ0) is 10.8. The van der Waals surface area contributed by atoms with Crippen LogP contribution in [0.5, 0.6) is 0 Å². The first kappa shape index (κ1) is 12.6. The van der Waals surface area contributed by atoms with Gasteiger partial charge < -0.3 is 0 Å². The van der Waals surface area contributed by atoms with Crippen LogP contribution >= 0.6 is 0 Å². The van der Waals surface area contributed by atoms with Crippen LogP contribution in [0.1, 0.15) is 5.56 Å². The van der Waals surface area contributed by atoms with E-state index in [1.54, 1.807) is 7.06 Å². The molecule has 0 aliphatic rings. The van der Waals surface area contributed by atoms with Crippen molar-refractivity contribution in [3.8, 4) is 0 Å². The summed E-state index contributed by atoms with van der Waals surface area (Å²) in [6, 6.07) is 10.3. The Morgan fingerprint density at radius 1 is 1.07 bits per heavy atom. The standard InChI is InChI=1S/C8H8B7/c9-12-14-15-13-11-7-10-6-8-4-2-1-3-5-8/h1-6H,7H2. The van der Waals surface area contributed by atoms with E-state index in [2.05, 4.69) is 32.2 Å². The average molecular weight is 180 g/mol. The van der Waals surface area contributed by atoms with Gasteiger partial charge in [0.25, 0.3) is 0 Å². The van der Waals surface area contributed by atoms with Crippen molar-refractivity contribution >= 4 is 56.0 Å². The van der Waals surface area contributed by atoms with Crippen LogP contribution in [0.4, 0.5) is 0 Å². The summed E-state index contributed by atoms with van der Waals surface area (Å²) in [5.41, 5.74) is 1.23. The van der Waals surface area contributed by atoms with Gasteiger partial charge >= 0.3 is 98.2 Å². The molecule has 0 atom stereocenters. The molecule has 0 saturated carbocycles. The molecule has 0 unspecified atom stereocenters. The van der Waals surface area contributed by atoms with Gasteiger partial charge in [0.15, 0.2) is 0 Å². The first-order valence-electron chi connectivity index (χ1n) is 5.02. The molecule has 7 radical (unpaired) electrons. The Kier molecular flexibility index (Phi) is 7.42. The molecule has 0 fully saturated rings. The van der Waals surface area contributed by atoms with Crippen LogP contribution in [-0.4, -0.2) is 56.0 Å². The minimum absolute atomic E-state index is 0.934. The Hall–Kier alpha value is -0.455. The fraction of sp³-hybridized carbons (Fsp3) is 0.125. The molecule has 0 N–H and O–H groups in total. The summed E-state index contributed by atoms with van der Waals surface area (Å²) in [5.74, 6) is 2.11. The Balaban J connectivity index is 2.07. The quantitative estimate of drug-likeness (QED) is 0.379. The van der Waals surface area contributed by atoms with E-state index in [-0.39, 0.29) is 0 Å². The topological polar surface area (TPSA) is 0 Å². The number of benzene rings is 1. The van der Waals surface area contributed by atoms with Crippen molar-refractivity contribution in [2.24, 2.45) is 0 Å². The molecular weight excluding hydrogens is 172 g/mol. The molecule has 7 heteroatoms. The van der Waals surface area contributed by atoms with Gasteiger partial charge in [0.1, 0.15) is 0 Å². The zero-order valence-electron chi connectivity index (χ0n) is 8.71. The molecule has 0 spiro atoms. The second kappa shape index (κ2) is 8.82. The fourth-order valence-electron chi connectivity index (χ4n) is 1.13. The van der Waals surface area contributed by atoms with Gasteiger partial charge in [-0.2, -0.15) is 0 Å². The van der Waals surface area contributed by atoms with Crippen molar-refractivity contribution < 1.29 is 0 Å². The van der Waals surface area contributed by atoms with E-state index in [1.807, 2.05) is 32.3 Å². The minimum atomic E-state index is 0.934. The van der Waals surface area contributed by atoms with Gasteiger partial charge in [-0.05, 0) is 0 Å².